The van der Waals surface area contributed by atoms with Crippen molar-refractivity contribution in [1.29, 1.82) is 0 Å². The monoisotopic (exact) mass is 313 g/mol. The number of methoxy groups -OCH3 is 1. The lowest BCUT2D eigenvalue weighted by Crippen LogP contribution is -2.37. The summed E-state index contributed by atoms with van der Waals surface area (Å²) in [5.74, 6) is 1.03. The second kappa shape index (κ2) is 6.04. The molecule has 2 N–H and O–H groups in total. The molecular formula is C14H20BrNO2. The van der Waals surface area contributed by atoms with E-state index in [9.17, 15) is 0 Å². The van der Waals surface area contributed by atoms with Gasteiger partial charge in [0.1, 0.15) is 5.75 Å². The first-order chi connectivity index (χ1) is 8.65. The van der Waals surface area contributed by atoms with Gasteiger partial charge in [0.15, 0.2) is 0 Å². The van der Waals surface area contributed by atoms with Gasteiger partial charge in [-0.25, -0.2) is 0 Å². The molecule has 0 saturated heterocycles. The molecule has 0 fully saturated rings. The Morgan fingerprint density at radius 1 is 1.50 bits per heavy atom. The largest absolute Gasteiger partial charge is 0.493 e. The zero-order chi connectivity index (χ0) is 13.1. The fourth-order valence-electron chi connectivity index (χ4n) is 2.53. The van der Waals surface area contributed by atoms with Crippen LogP contribution in [0.15, 0.2) is 16.6 Å². The normalized spacial score (nSPS) is 17.1. The molecular weight excluding hydrogens is 294 g/mol. The predicted molar refractivity (Wildman–Crippen MR) is 76.1 cm³/mol. The van der Waals surface area contributed by atoms with Crippen LogP contribution >= 0.6 is 15.9 Å². The number of benzene rings is 1. The Kier molecular flexibility index (Phi) is 4.65. The van der Waals surface area contributed by atoms with E-state index in [1.165, 1.54) is 11.1 Å². The standard InChI is InChI=1S/C14H20BrNO2/c1-3-13(17-2)12(16)8-10-7-11(15)6-9-4-5-18-14(9)10/h6-7,12-13H,3-5,8,16H2,1-2H3. The fourth-order valence-corrected chi connectivity index (χ4v) is 3.08. The van der Waals surface area contributed by atoms with Gasteiger partial charge in [0.2, 0.25) is 0 Å². The molecule has 3 nitrogen and oxygen atoms in total. The van der Waals surface area contributed by atoms with Crippen LogP contribution in [0.2, 0.25) is 0 Å². The fraction of sp³-hybridized carbons (Fsp3) is 0.571. The average Bonchev–Trinajstić information content (AvgIpc) is 2.78. The van der Waals surface area contributed by atoms with Gasteiger partial charge >= 0.3 is 0 Å². The lowest BCUT2D eigenvalue weighted by atomic mass is 9.98. The summed E-state index contributed by atoms with van der Waals surface area (Å²) in [6, 6.07) is 4.24. The second-order valence-corrected chi connectivity index (χ2v) is 5.62. The van der Waals surface area contributed by atoms with E-state index in [4.69, 9.17) is 15.2 Å². The van der Waals surface area contributed by atoms with Crippen molar-refractivity contribution in [2.24, 2.45) is 5.73 Å². The molecule has 1 aromatic rings. The molecule has 1 aliphatic rings. The van der Waals surface area contributed by atoms with E-state index in [-0.39, 0.29) is 12.1 Å². The molecule has 2 atom stereocenters. The molecule has 1 aliphatic heterocycles. The Morgan fingerprint density at radius 3 is 2.94 bits per heavy atom. The topological polar surface area (TPSA) is 44.5 Å². The van der Waals surface area contributed by atoms with Crippen LogP contribution in [0.5, 0.6) is 5.75 Å². The summed E-state index contributed by atoms with van der Waals surface area (Å²) in [4.78, 5) is 0. The maximum atomic E-state index is 6.22. The molecule has 0 aliphatic carbocycles. The van der Waals surface area contributed by atoms with Crippen LogP contribution in [-0.2, 0) is 17.6 Å². The van der Waals surface area contributed by atoms with Gasteiger partial charge < -0.3 is 15.2 Å². The van der Waals surface area contributed by atoms with Gasteiger partial charge in [0.05, 0.1) is 12.7 Å². The van der Waals surface area contributed by atoms with Crippen LogP contribution < -0.4 is 10.5 Å². The van der Waals surface area contributed by atoms with E-state index in [0.717, 1.165) is 36.1 Å². The number of hydrogen-bond acceptors (Lipinski definition) is 3. The maximum Gasteiger partial charge on any atom is 0.125 e. The Hall–Kier alpha value is -0.580. The van der Waals surface area contributed by atoms with E-state index in [1.54, 1.807) is 7.11 Å². The van der Waals surface area contributed by atoms with Gasteiger partial charge in [-0.05, 0) is 36.1 Å². The third-order valence-electron chi connectivity index (χ3n) is 3.46. The van der Waals surface area contributed by atoms with Crippen LogP contribution in [0.25, 0.3) is 0 Å². The first-order valence-electron chi connectivity index (χ1n) is 6.38. The minimum Gasteiger partial charge on any atom is -0.493 e. The minimum absolute atomic E-state index is 0.00241. The van der Waals surface area contributed by atoms with E-state index < -0.39 is 0 Å². The molecule has 0 spiro atoms. The lowest BCUT2D eigenvalue weighted by Gasteiger charge is -2.22. The van der Waals surface area contributed by atoms with Crippen molar-refractivity contribution in [3.63, 3.8) is 0 Å². The van der Waals surface area contributed by atoms with E-state index in [1.807, 2.05) is 0 Å². The summed E-state index contributed by atoms with van der Waals surface area (Å²) in [5.41, 5.74) is 8.67. The minimum atomic E-state index is 0.00241. The molecule has 100 valence electrons. The van der Waals surface area contributed by atoms with Crippen LogP contribution in [0.4, 0.5) is 0 Å². The van der Waals surface area contributed by atoms with Gasteiger partial charge in [0, 0.05) is 24.0 Å². The van der Waals surface area contributed by atoms with Crippen molar-refractivity contribution in [3.8, 4) is 5.75 Å². The molecule has 2 unspecified atom stereocenters. The summed E-state index contributed by atoms with van der Waals surface area (Å²) in [5, 5.41) is 0. The lowest BCUT2D eigenvalue weighted by molar-refractivity contribution is 0.0771. The van der Waals surface area contributed by atoms with Crippen molar-refractivity contribution >= 4 is 15.9 Å². The van der Waals surface area contributed by atoms with Gasteiger partial charge in [0.25, 0.3) is 0 Å². The number of halogens is 1. The summed E-state index contributed by atoms with van der Waals surface area (Å²) >= 11 is 3.55. The molecule has 1 heterocycles. The Morgan fingerprint density at radius 2 is 2.28 bits per heavy atom. The molecule has 2 rings (SSSR count). The van der Waals surface area contributed by atoms with E-state index in [0.29, 0.717) is 0 Å². The van der Waals surface area contributed by atoms with Crippen LogP contribution in [0.3, 0.4) is 0 Å². The summed E-state index contributed by atoms with van der Waals surface area (Å²) < 4.78 is 12.2. The van der Waals surface area contributed by atoms with Crippen molar-refractivity contribution in [3.05, 3.63) is 27.7 Å². The molecule has 1 aromatic carbocycles. The Bertz CT molecular complexity index is 419. The van der Waals surface area contributed by atoms with Crippen LogP contribution in [-0.4, -0.2) is 25.9 Å². The highest BCUT2D eigenvalue weighted by atomic mass is 79.9. The molecule has 0 aromatic heterocycles. The van der Waals surface area contributed by atoms with Gasteiger partial charge in [-0.2, -0.15) is 0 Å². The van der Waals surface area contributed by atoms with E-state index >= 15 is 0 Å². The third-order valence-corrected chi connectivity index (χ3v) is 3.92. The van der Waals surface area contributed by atoms with Crippen LogP contribution in [0, 0.1) is 0 Å². The second-order valence-electron chi connectivity index (χ2n) is 4.70. The zero-order valence-corrected chi connectivity index (χ0v) is 12.5. The summed E-state index contributed by atoms with van der Waals surface area (Å²) in [6.45, 7) is 2.87. The first-order valence-corrected chi connectivity index (χ1v) is 7.17. The molecule has 0 saturated carbocycles. The average molecular weight is 314 g/mol. The van der Waals surface area contributed by atoms with Crippen molar-refractivity contribution in [2.75, 3.05) is 13.7 Å². The van der Waals surface area contributed by atoms with Gasteiger partial charge in [-0.15, -0.1) is 0 Å². The highest BCUT2D eigenvalue weighted by Crippen LogP contribution is 2.33. The Balaban J connectivity index is 2.19. The quantitative estimate of drug-likeness (QED) is 0.909. The summed E-state index contributed by atoms with van der Waals surface area (Å²) in [7, 11) is 1.72. The van der Waals surface area contributed by atoms with Crippen molar-refractivity contribution in [2.45, 2.75) is 38.3 Å². The highest BCUT2D eigenvalue weighted by molar-refractivity contribution is 9.10. The van der Waals surface area contributed by atoms with Crippen molar-refractivity contribution < 1.29 is 9.47 Å². The SMILES string of the molecule is CCC(OC)C(N)Cc1cc(Br)cc2c1OCC2. The first kappa shape index (κ1) is 13.8. The number of nitrogens with two attached hydrogens (primary N) is 1. The highest BCUT2D eigenvalue weighted by Gasteiger charge is 2.22. The van der Waals surface area contributed by atoms with Gasteiger partial charge in [-0.1, -0.05) is 22.9 Å². The molecule has 18 heavy (non-hydrogen) atoms. The Labute approximate surface area is 117 Å². The smallest absolute Gasteiger partial charge is 0.125 e. The number of hydrogen-bond donors (Lipinski definition) is 1. The zero-order valence-electron chi connectivity index (χ0n) is 10.9. The number of fused-ring (bicyclic) bond motifs is 1. The predicted octanol–water partition coefficient (Wildman–Crippen LogP) is 2.68. The molecule has 0 amide bonds. The summed E-state index contributed by atoms with van der Waals surface area (Å²) in [6.07, 6.45) is 2.79. The maximum absolute atomic E-state index is 6.22. The number of rotatable bonds is 5. The van der Waals surface area contributed by atoms with Crippen molar-refractivity contribution in [1.82, 2.24) is 0 Å². The van der Waals surface area contributed by atoms with E-state index in [2.05, 4.69) is 35.0 Å². The molecule has 0 bridgehead atoms. The molecule has 0 radical (unpaired) electrons. The number of ether oxygens (including phenoxy) is 2. The molecule has 4 heteroatoms. The third kappa shape index (κ3) is 2.87. The van der Waals surface area contributed by atoms with Crippen LogP contribution in [0.1, 0.15) is 24.5 Å². The van der Waals surface area contributed by atoms with Gasteiger partial charge in [-0.3, -0.25) is 0 Å².